The molecule has 5 heteroatoms. The number of nitrogen functional groups attached to an aromatic ring is 1. The molecule has 0 aliphatic rings. The number of rotatable bonds is 1. The van der Waals surface area contributed by atoms with Crippen LogP contribution in [0, 0.1) is 0 Å². The van der Waals surface area contributed by atoms with Gasteiger partial charge in [-0.15, -0.1) is 11.3 Å². The van der Waals surface area contributed by atoms with E-state index in [4.69, 9.17) is 28.9 Å². The lowest BCUT2D eigenvalue weighted by Crippen LogP contribution is -1.88. The molecule has 1 heterocycles. The molecule has 0 spiro atoms. The summed E-state index contributed by atoms with van der Waals surface area (Å²) in [6, 6.07) is 11.1. The molecule has 2 N–H and O–H groups in total. The van der Waals surface area contributed by atoms with Gasteiger partial charge in [0.1, 0.15) is 10.5 Å². The number of thiazole rings is 1. The molecule has 0 bridgehead atoms. The number of hydrogen-bond acceptors (Lipinski definition) is 3. The summed E-state index contributed by atoms with van der Waals surface area (Å²) < 4.78 is 1.04. The molecule has 0 unspecified atom stereocenters. The van der Waals surface area contributed by atoms with Crippen LogP contribution in [0.4, 0.5) is 5.69 Å². The molecule has 0 aliphatic heterocycles. The molecule has 3 rings (SSSR count). The highest BCUT2D eigenvalue weighted by Gasteiger charge is 2.11. The van der Waals surface area contributed by atoms with Gasteiger partial charge in [-0.25, -0.2) is 4.98 Å². The summed E-state index contributed by atoms with van der Waals surface area (Å²) in [5, 5.41) is 2.12. The van der Waals surface area contributed by atoms with E-state index in [1.807, 2.05) is 24.3 Å². The number of halogens is 2. The van der Waals surface area contributed by atoms with Gasteiger partial charge in [-0.05, 0) is 30.3 Å². The van der Waals surface area contributed by atoms with Crippen LogP contribution >= 0.6 is 34.5 Å². The van der Waals surface area contributed by atoms with Gasteiger partial charge in [0.2, 0.25) is 0 Å². The maximum absolute atomic E-state index is 6.12. The maximum Gasteiger partial charge on any atom is 0.126 e. The summed E-state index contributed by atoms with van der Waals surface area (Å²) in [7, 11) is 0. The number of para-hydroxylation sites is 1. The van der Waals surface area contributed by atoms with Crippen molar-refractivity contribution >= 4 is 50.4 Å². The smallest absolute Gasteiger partial charge is 0.126 e. The highest BCUT2D eigenvalue weighted by molar-refractivity contribution is 7.21. The monoisotopic (exact) mass is 294 g/mol. The Bertz CT molecular complexity index is 737. The summed E-state index contributed by atoms with van der Waals surface area (Å²) in [5.74, 6) is 0. The first-order chi connectivity index (χ1) is 8.65. The topological polar surface area (TPSA) is 38.9 Å². The molecule has 2 nitrogen and oxygen atoms in total. The highest BCUT2D eigenvalue weighted by Crippen LogP contribution is 2.36. The Balaban J connectivity index is 2.26. The quantitative estimate of drug-likeness (QED) is 0.652. The second kappa shape index (κ2) is 4.43. The number of benzene rings is 2. The zero-order valence-electron chi connectivity index (χ0n) is 9.15. The molecule has 0 saturated heterocycles. The predicted molar refractivity (Wildman–Crippen MR) is 79.5 cm³/mol. The van der Waals surface area contributed by atoms with Gasteiger partial charge in [0, 0.05) is 16.3 Å². The second-order valence-corrected chi connectivity index (χ2v) is 5.71. The van der Waals surface area contributed by atoms with E-state index in [0.29, 0.717) is 15.7 Å². The van der Waals surface area contributed by atoms with Crippen LogP contribution in [0.3, 0.4) is 0 Å². The molecular weight excluding hydrogens is 287 g/mol. The van der Waals surface area contributed by atoms with Crippen LogP contribution in [0.25, 0.3) is 20.8 Å². The average molecular weight is 295 g/mol. The van der Waals surface area contributed by atoms with Gasteiger partial charge in [0.15, 0.2) is 0 Å². The zero-order chi connectivity index (χ0) is 12.7. The molecule has 1 aromatic heterocycles. The van der Waals surface area contributed by atoms with Crippen LogP contribution in [0.5, 0.6) is 0 Å². The lowest BCUT2D eigenvalue weighted by atomic mass is 10.2. The summed E-state index contributed by atoms with van der Waals surface area (Å²) >= 11 is 13.7. The Kier molecular flexibility index (Phi) is 2.90. The van der Waals surface area contributed by atoms with Crippen molar-refractivity contribution in [3.63, 3.8) is 0 Å². The third-order valence-electron chi connectivity index (χ3n) is 2.62. The van der Waals surface area contributed by atoms with Crippen molar-refractivity contribution < 1.29 is 0 Å². The standard InChI is InChI=1S/C13H8Cl2N2S/c14-7-4-5-10(16)8(6-7)13-17-12-9(15)2-1-3-11(12)18-13/h1-6H,16H2. The summed E-state index contributed by atoms with van der Waals surface area (Å²) in [6.45, 7) is 0. The van der Waals surface area contributed by atoms with E-state index < -0.39 is 0 Å². The van der Waals surface area contributed by atoms with Gasteiger partial charge in [-0.3, -0.25) is 0 Å². The first-order valence-electron chi connectivity index (χ1n) is 5.25. The van der Waals surface area contributed by atoms with Gasteiger partial charge in [0.05, 0.1) is 9.72 Å². The van der Waals surface area contributed by atoms with Crippen molar-refractivity contribution in [3.05, 3.63) is 46.4 Å². The minimum Gasteiger partial charge on any atom is -0.398 e. The van der Waals surface area contributed by atoms with Crippen molar-refractivity contribution in [1.82, 2.24) is 4.98 Å². The number of nitrogens with zero attached hydrogens (tertiary/aromatic N) is 1. The Labute approximate surface area is 118 Å². The van der Waals surface area contributed by atoms with Crippen LogP contribution in [0.15, 0.2) is 36.4 Å². The van der Waals surface area contributed by atoms with Gasteiger partial charge < -0.3 is 5.73 Å². The minimum absolute atomic E-state index is 0.643. The van der Waals surface area contributed by atoms with Crippen molar-refractivity contribution in [2.24, 2.45) is 0 Å². The third-order valence-corrected chi connectivity index (χ3v) is 4.21. The molecular formula is C13H8Cl2N2S. The third kappa shape index (κ3) is 1.94. The van der Waals surface area contributed by atoms with Crippen molar-refractivity contribution in [2.45, 2.75) is 0 Å². The Morgan fingerprint density at radius 1 is 1.11 bits per heavy atom. The van der Waals surface area contributed by atoms with Gasteiger partial charge in [-0.1, -0.05) is 29.3 Å². The lowest BCUT2D eigenvalue weighted by Gasteiger charge is -2.01. The molecule has 0 atom stereocenters. The SMILES string of the molecule is Nc1ccc(Cl)cc1-c1nc2c(Cl)cccc2s1. The van der Waals surface area contributed by atoms with Crippen molar-refractivity contribution in [3.8, 4) is 10.6 Å². The predicted octanol–water partition coefficient (Wildman–Crippen LogP) is 4.85. The Morgan fingerprint density at radius 2 is 1.94 bits per heavy atom. The van der Waals surface area contributed by atoms with Crippen molar-refractivity contribution in [1.29, 1.82) is 0 Å². The average Bonchev–Trinajstić information content (AvgIpc) is 2.77. The maximum atomic E-state index is 6.12. The van der Waals surface area contributed by atoms with Gasteiger partial charge in [0.25, 0.3) is 0 Å². The normalized spacial score (nSPS) is 11.0. The van der Waals surface area contributed by atoms with Crippen LogP contribution < -0.4 is 5.73 Å². The number of aromatic nitrogens is 1. The van der Waals surface area contributed by atoms with E-state index in [1.54, 1.807) is 23.5 Å². The Morgan fingerprint density at radius 3 is 2.72 bits per heavy atom. The largest absolute Gasteiger partial charge is 0.398 e. The van der Waals surface area contributed by atoms with Gasteiger partial charge >= 0.3 is 0 Å². The highest BCUT2D eigenvalue weighted by atomic mass is 35.5. The summed E-state index contributed by atoms with van der Waals surface area (Å²) in [4.78, 5) is 4.53. The molecule has 0 radical (unpaired) electrons. The van der Waals surface area contributed by atoms with E-state index >= 15 is 0 Å². The number of nitrogens with two attached hydrogens (primary N) is 1. The fourth-order valence-electron chi connectivity index (χ4n) is 1.74. The van der Waals surface area contributed by atoms with Crippen molar-refractivity contribution in [2.75, 3.05) is 5.73 Å². The first kappa shape index (κ1) is 11.8. The zero-order valence-corrected chi connectivity index (χ0v) is 11.5. The van der Waals surface area contributed by atoms with E-state index in [1.165, 1.54) is 0 Å². The second-order valence-electron chi connectivity index (χ2n) is 3.84. The Hall–Kier alpha value is -1.29. The number of fused-ring (bicyclic) bond motifs is 1. The van der Waals surface area contributed by atoms with E-state index in [-0.39, 0.29) is 0 Å². The molecule has 0 saturated carbocycles. The summed E-state index contributed by atoms with van der Waals surface area (Å²) in [5.41, 5.74) is 8.27. The van der Waals surface area contributed by atoms with Crippen LogP contribution in [-0.2, 0) is 0 Å². The molecule has 2 aromatic carbocycles. The van der Waals surface area contributed by atoms with E-state index in [2.05, 4.69) is 4.98 Å². The summed E-state index contributed by atoms with van der Waals surface area (Å²) in [6.07, 6.45) is 0. The fourth-order valence-corrected chi connectivity index (χ4v) is 3.22. The number of hydrogen-bond donors (Lipinski definition) is 1. The fraction of sp³-hybridized carbons (Fsp3) is 0. The van der Waals surface area contributed by atoms with E-state index in [9.17, 15) is 0 Å². The first-order valence-corrected chi connectivity index (χ1v) is 6.83. The number of anilines is 1. The molecule has 0 fully saturated rings. The van der Waals surface area contributed by atoms with Gasteiger partial charge in [-0.2, -0.15) is 0 Å². The minimum atomic E-state index is 0.643. The molecule has 18 heavy (non-hydrogen) atoms. The lowest BCUT2D eigenvalue weighted by molar-refractivity contribution is 1.48. The van der Waals surface area contributed by atoms with Crippen LogP contribution in [0.1, 0.15) is 0 Å². The molecule has 0 aliphatic carbocycles. The van der Waals surface area contributed by atoms with Crippen LogP contribution in [-0.4, -0.2) is 4.98 Å². The molecule has 0 amide bonds. The molecule has 90 valence electrons. The van der Waals surface area contributed by atoms with Crippen LogP contribution in [0.2, 0.25) is 10.0 Å². The molecule has 3 aromatic rings. The van der Waals surface area contributed by atoms with E-state index in [0.717, 1.165) is 20.8 Å².